The SMILES string of the molecule is CCCCS(=O)(=O)NC(=O)C1CCCN1C(=O)CCC. The summed E-state index contributed by atoms with van der Waals surface area (Å²) in [6.07, 6.45) is 3.66. The predicted molar refractivity (Wildman–Crippen MR) is 76.5 cm³/mol. The van der Waals surface area contributed by atoms with Crippen molar-refractivity contribution in [3.8, 4) is 0 Å². The highest BCUT2D eigenvalue weighted by molar-refractivity contribution is 7.90. The van der Waals surface area contributed by atoms with Crippen molar-refractivity contribution in [2.45, 2.75) is 58.4 Å². The summed E-state index contributed by atoms with van der Waals surface area (Å²) < 4.78 is 25.5. The van der Waals surface area contributed by atoms with Gasteiger partial charge in [0.15, 0.2) is 0 Å². The monoisotopic (exact) mass is 304 g/mol. The number of amides is 2. The van der Waals surface area contributed by atoms with Gasteiger partial charge >= 0.3 is 0 Å². The molecular formula is C13H24N2O4S. The predicted octanol–water partition coefficient (Wildman–Crippen LogP) is 1.02. The minimum Gasteiger partial charge on any atom is -0.331 e. The van der Waals surface area contributed by atoms with E-state index in [1.807, 2.05) is 13.8 Å². The topological polar surface area (TPSA) is 83.6 Å². The number of nitrogens with one attached hydrogen (secondary N) is 1. The summed E-state index contributed by atoms with van der Waals surface area (Å²) in [6.45, 7) is 4.32. The summed E-state index contributed by atoms with van der Waals surface area (Å²) in [4.78, 5) is 25.5. The van der Waals surface area contributed by atoms with Crippen molar-refractivity contribution in [2.24, 2.45) is 0 Å². The number of nitrogens with zero attached hydrogens (tertiary/aromatic N) is 1. The van der Waals surface area contributed by atoms with Crippen LogP contribution in [-0.4, -0.2) is 43.5 Å². The molecule has 1 aliphatic heterocycles. The molecule has 6 nitrogen and oxygen atoms in total. The van der Waals surface area contributed by atoms with Crippen LogP contribution in [0.5, 0.6) is 0 Å². The molecule has 7 heteroatoms. The Kier molecular flexibility index (Phi) is 6.45. The van der Waals surface area contributed by atoms with E-state index in [9.17, 15) is 18.0 Å². The number of likely N-dealkylation sites (tertiary alicyclic amines) is 1. The van der Waals surface area contributed by atoms with E-state index < -0.39 is 22.0 Å². The van der Waals surface area contributed by atoms with E-state index in [1.165, 1.54) is 4.90 Å². The minimum atomic E-state index is -3.58. The van der Waals surface area contributed by atoms with Crippen LogP contribution in [0.2, 0.25) is 0 Å². The van der Waals surface area contributed by atoms with E-state index in [-0.39, 0.29) is 11.7 Å². The smallest absolute Gasteiger partial charge is 0.256 e. The molecule has 0 bridgehead atoms. The first-order valence-corrected chi connectivity index (χ1v) is 8.90. The first-order chi connectivity index (χ1) is 9.41. The molecule has 0 spiro atoms. The molecule has 1 heterocycles. The summed E-state index contributed by atoms with van der Waals surface area (Å²) >= 11 is 0. The van der Waals surface area contributed by atoms with Gasteiger partial charge < -0.3 is 4.90 Å². The first-order valence-electron chi connectivity index (χ1n) is 7.25. The maximum Gasteiger partial charge on any atom is 0.256 e. The van der Waals surface area contributed by atoms with Crippen LogP contribution in [-0.2, 0) is 19.6 Å². The number of sulfonamides is 1. The molecule has 0 radical (unpaired) electrons. The van der Waals surface area contributed by atoms with Gasteiger partial charge in [0.1, 0.15) is 6.04 Å². The second-order valence-electron chi connectivity index (χ2n) is 5.13. The molecule has 1 rings (SSSR count). The van der Waals surface area contributed by atoms with E-state index >= 15 is 0 Å². The van der Waals surface area contributed by atoms with Crippen LogP contribution in [0.4, 0.5) is 0 Å². The summed E-state index contributed by atoms with van der Waals surface area (Å²) in [5, 5.41) is 0. The van der Waals surface area contributed by atoms with Gasteiger partial charge in [-0.3, -0.25) is 14.3 Å². The third-order valence-corrected chi connectivity index (χ3v) is 4.70. The lowest BCUT2D eigenvalue weighted by atomic mass is 10.2. The lowest BCUT2D eigenvalue weighted by molar-refractivity contribution is -0.137. The van der Waals surface area contributed by atoms with Gasteiger partial charge in [0, 0.05) is 13.0 Å². The fourth-order valence-electron chi connectivity index (χ4n) is 2.30. The standard InChI is InChI=1S/C13H24N2O4S/c1-3-5-10-20(18,19)14-13(17)11-8-6-9-15(11)12(16)7-4-2/h11H,3-10H2,1-2H3,(H,14,17). The maximum atomic E-state index is 12.1. The minimum absolute atomic E-state index is 0.0507. The number of unbranched alkanes of at least 4 members (excludes halogenated alkanes) is 1. The van der Waals surface area contributed by atoms with Crippen LogP contribution in [0, 0.1) is 0 Å². The molecule has 116 valence electrons. The zero-order chi connectivity index (χ0) is 15.2. The summed E-state index contributed by atoms with van der Waals surface area (Å²) in [6, 6.07) is -0.634. The fourth-order valence-corrected chi connectivity index (χ4v) is 3.52. The summed E-state index contributed by atoms with van der Waals surface area (Å²) in [5.41, 5.74) is 0. The van der Waals surface area contributed by atoms with Crippen LogP contribution in [0.15, 0.2) is 0 Å². The highest BCUT2D eigenvalue weighted by Gasteiger charge is 2.35. The maximum absolute atomic E-state index is 12.1. The second kappa shape index (κ2) is 7.61. The van der Waals surface area contributed by atoms with Crippen LogP contribution in [0.3, 0.4) is 0 Å². The Balaban J connectivity index is 2.64. The molecule has 0 aromatic rings. The molecule has 2 amide bonds. The Morgan fingerprint density at radius 2 is 1.95 bits per heavy atom. The largest absolute Gasteiger partial charge is 0.331 e. The molecule has 1 saturated heterocycles. The van der Waals surface area contributed by atoms with Gasteiger partial charge in [0.25, 0.3) is 5.91 Å². The van der Waals surface area contributed by atoms with Crippen molar-refractivity contribution in [2.75, 3.05) is 12.3 Å². The van der Waals surface area contributed by atoms with E-state index in [4.69, 9.17) is 0 Å². The first kappa shape index (κ1) is 16.9. The molecule has 0 aliphatic carbocycles. The molecule has 1 N–H and O–H groups in total. The normalized spacial score (nSPS) is 19.1. The average Bonchev–Trinajstić information content (AvgIpc) is 2.85. The quantitative estimate of drug-likeness (QED) is 0.761. The highest BCUT2D eigenvalue weighted by atomic mass is 32.2. The zero-order valence-corrected chi connectivity index (χ0v) is 13.0. The van der Waals surface area contributed by atoms with Gasteiger partial charge in [0.05, 0.1) is 5.75 Å². The van der Waals surface area contributed by atoms with Crippen LogP contribution >= 0.6 is 0 Å². The highest BCUT2D eigenvalue weighted by Crippen LogP contribution is 2.19. The third-order valence-electron chi connectivity index (χ3n) is 3.36. The van der Waals surface area contributed by atoms with Crippen molar-refractivity contribution < 1.29 is 18.0 Å². The Hall–Kier alpha value is -1.11. The van der Waals surface area contributed by atoms with Crippen LogP contribution < -0.4 is 4.72 Å². The number of carbonyl (C=O) groups excluding carboxylic acids is 2. The lowest BCUT2D eigenvalue weighted by Crippen LogP contribution is -2.48. The lowest BCUT2D eigenvalue weighted by Gasteiger charge is -2.23. The van der Waals surface area contributed by atoms with Gasteiger partial charge in [-0.05, 0) is 25.7 Å². The number of rotatable bonds is 7. The Labute approximate surface area is 121 Å². The van der Waals surface area contributed by atoms with Crippen LogP contribution in [0.25, 0.3) is 0 Å². The molecule has 20 heavy (non-hydrogen) atoms. The number of hydrogen-bond donors (Lipinski definition) is 1. The molecule has 1 atom stereocenters. The summed E-state index contributed by atoms with van der Waals surface area (Å²) in [7, 11) is -3.58. The van der Waals surface area contributed by atoms with Gasteiger partial charge in [-0.1, -0.05) is 20.3 Å². The summed E-state index contributed by atoms with van der Waals surface area (Å²) in [5.74, 6) is -0.690. The Morgan fingerprint density at radius 3 is 2.55 bits per heavy atom. The third kappa shape index (κ3) is 4.77. The van der Waals surface area contributed by atoms with Crippen molar-refractivity contribution in [3.63, 3.8) is 0 Å². The van der Waals surface area contributed by atoms with E-state index in [0.29, 0.717) is 25.8 Å². The molecule has 0 saturated carbocycles. The van der Waals surface area contributed by atoms with Gasteiger partial charge in [-0.2, -0.15) is 0 Å². The second-order valence-corrected chi connectivity index (χ2v) is 6.98. The van der Waals surface area contributed by atoms with E-state index in [2.05, 4.69) is 4.72 Å². The Bertz CT molecular complexity index is 447. The van der Waals surface area contributed by atoms with Gasteiger partial charge in [0.2, 0.25) is 15.9 Å². The molecule has 0 aromatic heterocycles. The van der Waals surface area contributed by atoms with Crippen molar-refractivity contribution in [1.82, 2.24) is 9.62 Å². The van der Waals surface area contributed by atoms with Gasteiger partial charge in [-0.25, -0.2) is 8.42 Å². The number of hydrogen-bond acceptors (Lipinski definition) is 4. The van der Waals surface area contributed by atoms with Crippen molar-refractivity contribution in [3.05, 3.63) is 0 Å². The molecular weight excluding hydrogens is 280 g/mol. The number of carbonyl (C=O) groups is 2. The van der Waals surface area contributed by atoms with E-state index in [1.54, 1.807) is 0 Å². The van der Waals surface area contributed by atoms with E-state index in [0.717, 1.165) is 19.3 Å². The molecule has 1 aliphatic rings. The van der Waals surface area contributed by atoms with Crippen molar-refractivity contribution in [1.29, 1.82) is 0 Å². The van der Waals surface area contributed by atoms with Crippen molar-refractivity contribution >= 4 is 21.8 Å². The zero-order valence-electron chi connectivity index (χ0n) is 12.2. The van der Waals surface area contributed by atoms with Gasteiger partial charge in [-0.15, -0.1) is 0 Å². The molecule has 0 aromatic carbocycles. The Morgan fingerprint density at radius 1 is 1.25 bits per heavy atom. The van der Waals surface area contributed by atoms with Crippen LogP contribution in [0.1, 0.15) is 52.4 Å². The average molecular weight is 304 g/mol. The molecule has 1 unspecified atom stereocenters. The molecule has 1 fully saturated rings. The fraction of sp³-hybridized carbons (Fsp3) is 0.846.